The van der Waals surface area contributed by atoms with E-state index in [2.05, 4.69) is 192 Å². The van der Waals surface area contributed by atoms with Crippen molar-refractivity contribution in [2.24, 2.45) is 0 Å². The fraction of sp³-hybridized carbons (Fsp3) is 0.305. The van der Waals surface area contributed by atoms with Gasteiger partial charge in [0.1, 0.15) is 0 Å². The third-order valence-corrected chi connectivity index (χ3v) is 13.4. The van der Waals surface area contributed by atoms with Crippen LogP contribution in [0.2, 0.25) is 10.0 Å². The van der Waals surface area contributed by atoms with Crippen molar-refractivity contribution in [3.63, 3.8) is 0 Å². The quantitative estimate of drug-likeness (QED) is 0.154. The topological polar surface area (TPSA) is 0 Å². The molecule has 316 valence electrons. The minimum atomic E-state index is 0.0968. The van der Waals surface area contributed by atoms with Crippen molar-refractivity contribution < 1.29 is 24.2 Å². The average molecular weight is 933 g/mol. The first-order valence-electron chi connectivity index (χ1n) is 21.8. The molecule has 0 aromatic heterocycles. The Morgan fingerprint density at radius 2 is 0.903 bits per heavy atom. The summed E-state index contributed by atoms with van der Waals surface area (Å²) in [5.74, 6) is 0. The average Bonchev–Trinajstić information content (AvgIpc) is 3.92. The summed E-state index contributed by atoms with van der Waals surface area (Å²) in [6.07, 6.45) is 11.0. The van der Waals surface area contributed by atoms with Crippen LogP contribution in [0.25, 0.3) is 33.4 Å². The number of hydrogen-bond donors (Lipinski definition) is 0. The molecule has 0 unspecified atom stereocenters. The van der Waals surface area contributed by atoms with E-state index in [9.17, 15) is 0 Å². The minimum Gasteiger partial charge on any atom is -0.273 e. The van der Waals surface area contributed by atoms with Gasteiger partial charge < -0.3 is 0 Å². The van der Waals surface area contributed by atoms with Gasteiger partial charge in [-0.25, -0.2) is 12.2 Å². The van der Waals surface area contributed by atoms with Crippen LogP contribution in [0.4, 0.5) is 0 Å². The fourth-order valence-electron chi connectivity index (χ4n) is 8.08. The number of benzene rings is 6. The Bertz CT molecular complexity index is 2390. The predicted molar refractivity (Wildman–Crippen MR) is 267 cm³/mol. The van der Waals surface area contributed by atoms with Crippen LogP contribution in [0.1, 0.15) is 134 Å². The molecule has 6 aromatic rings. The predicted octanol–water partition coefficient (Wildman–Crippen LogP) is 17.0. The Hall–Kier alpha value is -3.87. The molecule has 0 nitrogen and oxygen atoms in total. The van der Waals surface area contributed by atoms with Crippen LogP contribution in [-0.4, -0.2) is 3.21 Å². The number of hydrogen-bond acceptors (Lipinski definition) is 0. The molecule has 2 aliphatic rings. The van der Waals surface area contributed by atoms with Gasteiger partial charge in [0.15, 0.2) is 0 Å². The Kier molecular flexibility index (Phi) is 14.7. The standard InChI is InChI=1S/C29H41.C25H16Cl2.C5H5.Zr/c1-26(2,3)22-14-18-13-19-15-23(27(4,5)6)25(29(10,11)12)17-21(19)20(18)16-24(22)28(7,8)9;26-24-13-9-22(10-14-24)20-5-1-18(2-6-20)17-19-3-7-21(8-4-19)23-11-15-25(27)16-12-23;1-2-4-5-3-1;/h14,16-17H,13H2,1-12H3;1-16H;1-3H,4H2;/q-1;;-1;+2. The number of rotatable bonds is 4. The van der Waals surface area contributed by atoms with Crippen molar-refractivity contribution >= 4 is 26.4 Å². The minimum absolute atomic E-state index is 0.0968. The van der Waals surface area contributed by atoms with E-state index in [0.717, 1.165) is 22.9 Å². The molecule has 0 fully saturated rings. The van der Waals surface area contributed by atoms with Crippen molar-refractivity contribution in [1.82, 2.24) is 0 Å². The maximum absolute atomic E-state index is 5.98. The van der Waals surface area contributed by atoms with Gasteiger partial charge in [0.05, 0.1) is 0 Å². The van der Waals surface area contributed by atoms with Gasteiger partial charge in [0, 0.05) is 0 Å². The first-order valence-corrected chi connectivity index (χ1v) is 23.8. The zero-order valence-corrected chi connectivity index (χ0v) is 42.8. The van der Waals surface area contributed by atoms with Gasteiger partial charge in [0.25, 0.3) is 0 Å². The van der Waals surface area contributed by atoms with Gasteiger partial charge in [-0.3, -0.25) is 6.08 Å². The fourth-order valence-corrected chi connectivity index (χ4v) is 9.15. The van der Waals surface area contributed by atoms with Gasteiger partial charge >= 0.3 is 191 Å². The smallest absolute Gasteiger partial charge is 0.109 e. The zero-order chi connectivity index (χ0) is 45.2. The summed E-state index contributed by atoms with van der Waals surface area (Å²) in [4.78, 5) is 0. The van der Waals surface area contributed by atoms with Gasteiger partial charge in [-0.2, -0.15) is 23.8 Å². The Labute approximate surface area is 398 Å². The first kappa shape index (κ1) is 47.6. The molecule has 0 saturated heterocycles. The molecule has 2 aliphatic carbocycles. The second kappa shape index (κ2) is 19.1. The largest absolute Gasteiger partial charge is 0.273 e. The Morgan fingerprint density at radius 1 is 0.500 bits per heavy atom. The molecule has 0 spiro atoms. The molecule has 0 atom stereocenters. The molecular weight excluding hydrogens is 871 g/mol. The van der Waals surface area contributed by atoms with E-state index in [4.69, 9.17) is 23.2 Å². The summed E-state index contributed by atoms with van der Waals surface area (Å²) in [5.41, 5.74) is 19.2. The second-order valence-electron chi connectivity index (χ2n) is 20.7. The summed E-state index contributed by atoms with van der Waals surface area (Å²) in [6, 6.07) is 44.8. The van der Waals surface area contributed by atoms with Crippen molar-refractivity contribution in [2.75, 3.05) is 0 Å². The summed E-state index contributed by atoms with van der Waals surface area (Å²) in [5, 5.41) is 1.52. The molecule has 0 radical (unpaired) electrons. The van der Waals surface area contributed by atoms with Crippen molar-refractivity contribution in [1.29, 1.82) is 0 Å². The summed E-state index contributed by atoms with van der Waals surface area (Å²) in [6.45, 7) is 28.0. The monoisotopic (exact) mass is 930 g/mol. The van der Waals surface area contributed by atoms with Crippen LogP contribution in [0.5, 0.6) is 0 Å². The van der Waals surface area contributed by atoms with Crippen LogP contribution in [-0.2, 0) is 52.3 Å². The van der Waals surface area contributed by atoms with Crippen molar-refractivity contribution in [3.05, 3.63) is 200 Å². The van der Waals surface area contributed by atoms with E-state index in [1.807, 2.05) is 36.4 Å². The Morgan fingerprint density at radius 3 is 1.26 bits per heavy atom. The zero-order valence-electron chi connectivity index (χ0n) is 38.9. The molecule has 6 aromatic carbocycles. The van der Waals surface area contributed by atoms with Crippen LogP contribution in [0.3, 0.4) is 0 Å². The number of fused-ring (bicyclic) bond motifs is 3. The number of halogens is 2. The maximum atomic E-state index is 5.98. The maximum Gasteiger partial charge on any atom is -0.109 e. The van der Waals surface area contributed by atoms with E-state index in [1.165, 1.54) is 105 Å². The van der Waals surface area contributed by atoms with E-state index in [1.54, 1.807) is 0 Å². The van der Waals surface area contributed by atoms with Crippen molar-refractivity contribution in [2.45, 2.75) is 118 Å². The molecule has 0 bridgehead atoms. The third-order valence-electron chi connectivity index (χ3n) is 11.5. The van der Waals surface area contributed by atoms with Crippen molar-refractivity contribution in [3.8, 4) is 33.4 Å². The first-order chi connectivity index (χ1) is 29.0. The van der Waals surface area contributed by atoms with E-state index in [-0.39, 0.29) is 21.7 Å². The van der Waals surface area contributed by atoms with Gasteiger partial charge in [-0.1, -0.05) is 106 Å². The van der Waals surface area contributed by atoms with Gasteiger partial charge in [0.2, 0.25) is 0 Å². The second-order valence-corrected chi connectivity index (χ2v) is 22.8. The third kappa shape index (κ3) is 11.6. The molecule has 62 heavy (non-hydrogen) atoms. The van der Waals surface area contributed by atoms with Gasteiger partial charge in [-0.05, 0) is 39.4 Å². The Balaban J connectivity index is 0.000000186. The number of allylic oxidation sites excluding steroid dienone is 4. The molecule has 0 amide bonds. The van der Waals surface area contributed by atoms with E-state index < -0.39 is 0 Å². The molecule has 8 rings (SSSR count). The van der Waals surface area contributed by atoms with Crippen LogP contribution in [0, 0.1) is 12.1 Å². The molecule has 3 heteroatoms. The summed E-state index contributed by atoms with van der Waals surface area (Å²) >= 11 is 13.4. The molecule has 0 saturated carbocycles. The van der Waals surface area contributed by atoms with Gasteiger partial charge in [-0.15, -0.1) is 23.1 Å². The molecule has 0 N–H and O–H groups in total. The molecule has 0 heterocycles. The van der Waals surface area contributed by atoms with Crippen LogP contribution in [0.15, 0.2) is 133 Å². The SMILES string of the molecule is CC(C)(C)c1[c-]c2c(cc1C(C)(C)C)-c1cc(C(C)(C)C)c(C(C)(C)C)cc1C2.Clc1ccc(-c2ccc([C](=[Zr+2])c3ccc(-c4ccc(Cl)cc4)cc3)cc2)cc1.[C-]1=CC=CC1. The molecular formula is C59H62Cl2Zr. The van der Waals surface area contributed by atoms with Crippen LogP contribution < -0.4 is 0 Å². The van der Waals surface area contributed by atoms with E-state index in [0.29, 0.717) is 0 Å². The summed E-state index contributed by atoms with van der Waals surface area (Å²) in [7, 11) is 0. The summed E-state index contributed by atoms with van der Waals surface area (Å²) < 4.78 is 1.34. The van der Waals surface area contributed by atoms with E-state index >= 15 is 0 Å². The molecule has 0 aliphatic heterocycles. The van der Waals surface area contributed by atoms with Crippen LogP contribution >= 0.6 is 23.2 Å². The normalized spacial score (nSPS) is 13.2.